The van der Waals surface area contributed by atoms with Crippen molar-refractivity contribution in [3.8, 4) is 0 Å². The summed E-state index contributed by atoms with van der Waals surface area (Å²) in [5.41, 5.74) is 0.625. The van der Waals surface area contributed by atoms with Gasteiger partial charge in [0.1, 0.15) is 5.69 Å². The molecule has 1 amide bonds. The molecule has 1 aliphatic carbocycles. The fourth-order valence-electron chi connectivity index (χ4n) is 2.05. The van der Waals surface area contributed by atoms with Gasteiger partial charge in [-0.25, -0.2) is 0 Å². The zero-order valence-corrected chi connectivity index (χ0v) is 10.1. The summed E-state index contributed by atoms with van der Waals surface area (Å²) in [5, 5.41) is 2.96. The summed E-state index contributed by atoms with van der Waals surface area (Å²) in [6.07, 6.45) is 6.91. The normalized spacial score (nSPS) is 16.9. The quantitative estimate of drug-likeness (QED) is 0.872. The van der Waals surface area contributed by atoms with Crippen LogP contribution in [0, 0.1) is 5.92 Å². The third-order valence-electron chi connectivity index (χ3n) is 2.92. The minimum Gasteiger partial charge on any atom is -0.356 e. The predicted molar refractivity (Wildman–Crippen MR) is 62.8 cm³/mol. The molecule has 0 spiro atoms. The molecule has 0 atom stereocenters. The lowest BCUT2D eigenvalue weighted by Crippen LogP contribution is -2.28. The SMILES string of the molecule is O=C(NCC1CCCC1)c1cc(Br)c[nH]1. The standard InChI is InChI=1S/C11H15BrN2O/c12-9-5-10(13-7-9)11(15)14-6-8-3-1-2-4-8/h5,7-8,13H,1-4,6H2,(H,14,15). The molecule has 4 heteroatoms. The number of hydrogen-bond donors (Lipinski definition) is 2. The van der Waals surface area contributed by atoms with Gasteiger partial charge < -0.3 is 10.3 Å². The molecule has 15 heavy (non-hydrogen) atoms. The second-order valence-corrected chi connectivity index (χ2v) is 5.01. The Kier molecular flexibility index (Phi) is 3.46. The van der Waals surface area contributed by atoms with E-state index in [4.69, 9.17) is 0 Å². The van der Waals surface area contributed by atoms with E-state index in [-0.39, 0.29) is 5.91 Å². The first-order chi connectivity index (χ1) is 7.25. The molecule has 0 radical (unpaired) electrons. The van der Waals surface area contributed by atoms with Crippen LogP contribution in [-0.4, -0.2) is 17.4 Å². The van der Waals surface area contributed by atoms with Crippen molar-refractivity contribution in [1.29, 1.82) is 0 Å². The Morgan fingerprint density at radius 1 is 1.53 bits per heavy atom. The first-order valence-corrected chi connectivity index (χ1v) is 6.17. The third-order valence-corrected chi connectivity index (χ3v) is 3.38. The summed E-state index contributed by atoms with van der Waals surface area (Å²) in [5.74, 6) is 0.681. The van der Waals surface area contributed by atoms with Crippen molar-refractivity contribution in [3.05, 3.63) is 22.4 Å². The van der Waals surface area contributed by atoms with Gasteiger partial charge in [-0.05, 0) is 40.8 Å². The zero-order chi connectivity index (χ0) is 10.7. The van der Waals surface area contributed by atoms with Gasteiger partial charge in [-0.3, -0.25) is 4.79 Å². The van der Waals surface area contributed by atoms with E-state index in [1.54, 1.807) is 12.3 Å². The molecule has 0 aliphatic heterocycles. The van der Waals surface area contributed by atoms with Crippen LogP contribution in [0.4, 0.5) is 0 Å². The number of H-pyrrole nitrogens is 1. The first kappa shape index (κ1) is 10.7. The number of halogens is 1. The minimum atomic E-state index is -0.00685. The molecule has 1 fully saturated rings. The molecule has 0 bridgehead atoms. The van der Waals surface area contributed by atoms with Gasteiger partial charge in [0.25, 0.3) is 5.91 Å². The highest BCUT2D eigenvalue weighted by Crippen LogP contribution is 2.23. The monoisotopic (exact) mass is 270 g/mol. The number of aromatic nitrogens is 1. The Balaban J connectivity index is 1.81. The summed E-state index contributed by atoms with van der Waals surface area (Å²) >= 11 is 3.31. The number of carbonyl (C=O) groups excluding carboxylic acids is 1. The maximum Gasteiger partial charge on any atom is 0.267 e. The lowest BCUT2D eigenvalue weighted by atomic mass is 10.1. The van der Waals surface area contributed by atoms with Gasteiger partial charge in [-0.1, -0.05) is 12.8 Å². The number of carbonyl (C=O) groups is 1. The van der Waals surface area contributed by atoms with Crippen LogP contribution in [0.15, 0.2) is 16.7 Å². The van der Waals surface area contributed by atoms with Gasteiger partial charge in [0.05, 0.1) is 0 Å². The van der Waals surface area contributed by atoms with Crippen LogP contribution in [0.2, 0.25) is 0 Å². The summed E-state index contributed by atoms with van der Waals surface area (Å²) in [7, 11) is 0. The average molecular weight is 271 g/mol. The van der Waals surface area contributed by atoms with Gasteiger partial charge in [0, 0.05) is 17.2 Å². The molecule has 2 rings (SSSR count). The highest BCUT2D eigenvalue weighted by molar-refractivity contribution is 9.10. The molecule has 1 aromatic heterocycles. The number of aromatic amines is 1. The average Bonchev–Trinajstić information content (AvgIpc) is 2.84. The van der Waals surface area contributed by atoms with E-state index in [9.17, 15) is 4.79 Å². The van der Waals surface area contributed by atoms with Gasteiger partial charge in [0.15, 0.2) is 0 Å². The Morgan fingerprint density at radius 3 is 2.87 bits per heavy atom. The lowest BCUT2D eigenvalue weighted by Gasteiger charge is -2.09. The van der Waals surface area contributed by atoms with Crippen LogP contribution in [0.5, 0.6) is 0 Å². The smallest absolute Gasteiger partial charge is 0.267 e. The molecule has 82 valence electrons. The Morgan fingerprint density at radius 2 is 2.27 bits per heavy atom. The highest BCUT2D eigenvalue weighted by Gasteiger charge is 2.16. The molecule has 0 saturated heterocycles. The topological polar surface area (TPSA) is 44.9 Å². The summed E-state index contributed by atoms with van der Waals surface area (Å²) in [4.78, 5) is 14.6. The van der Waals surface area contributed by atoms with E-state index in [0.29, 0.717) is 11.6 Å². The fraction of sp³-hybridized carbons (Fsp3) is 0.545. The molecule has 1 aliphatic rings. The molecule has 1 heterocycles. The second-order valence-electron chi connectivity index (χ2n) is 4.09. The van der Waals surface area contributed by atoms with E-state index in [0.717, 1.165) is 11.0 Å². The maximum absolute atomic E-state index is 11.7. The predicted octanol–water partition coefficient (Wildman–Crippen LogP) is 2.70. The van der Waals surface area contributed by atoms with Crippen molar-refractivity contribution in [2.45, 2.75) is 25.7 Å². The second kappa shape index (κ2) is 4.84. The summed E-state index contributed by atoms with van der Waals surface area (Å²) in [6.45, 7) is 0.815. The highest BCUT2D eigenvalue weighted by atomic mass is 79.9. The Bertz CT molecular complexity index is 342. The van der Waals surface area contributed by atoms with Crippen LogP contribution >= 0.6 is 15.9 Å². The van der Waals surface area contributed by atoms with E-state index in [2.05, 4.69) is 26.2 Å². The lowest BCUT2D eigenvalue weighted by molar-refractivity contribution is 0.0943. The number of amides is 1. The van der Waals surface area contributed by atoms with E-state index in [1.165, 1.54) is 25.7 Å². The van der Waals surface area contributed by atoms with Crippen molar-refractivity contribution in [2.75, 3.05) is 6.54 Å². The van der Waals surface area contributed by atoms with Crippen molar-refractivity contribution in [3.63, 3.8) is 0 Å². The van der Waals surface area contributed by atoms with Crippen molar-refractivity contribution in [1.82, 2.24) is 10.3 Å². The van der Waals surface area contributed by atoms with Crippen LogP contribution in [0.25, 0.3) is 0 Å². The van der Waals surface area contributed by atoms with Gasteiger partial charge in [-0.2, -0.15) is 0 Å². The Hall–Kier alpha value is -0.770. The number of nitrogens with one attached hydrogen (secondary N) is 2. The summed E-state index contributed by atoms with van der Waals surface area (Å²) < 4.78 is 0.911. The molecule has 2 N–H and O–H groups in total. The zero-order valence-electron chi connectivity index (χ0n) is 8.55. The largest absolute Gasteiger partial charge is 0.356 e. The van der Waals surface area contributed by atoms with Crippen molar-refractivity contribution < 1.29 is 4.79 Å². The van der Waals surface area contributed by atoms with Crippen molar-refractivity contribution in [2.24, 2.45) is 5.92 Å². The molecular weight excluding hydrogens is 256 g/mol. The maximum atomic E-state index is 11.7. The van der Waals surface area contributed by atoms with E-state index in [1.807, 2.05) is 0 Å². The van der Waals surface area contributed by atoms with Crippen LogP contribution in [-0.2, 0) is 0 Å². The van der Waals surface area contributed by atoms with Crippen LogP contribution < -0.4 is 5.32 Å². The van der Waals surface area contributed by atoms with Crippen LogP contribution in [0.1, 0.15) is 36.2 Å². The van der Waals surface area contributed by atoms with E-state index < -0.39 is 0 Å². The first-order valence-electron chi connectivity index (χ1n) is 5.38. The van der Waals surface area contributed by atoms with Crippen LogP contribution in [0.3, 0.4) is 0 Å². The third kappa shape index (κ3) is 2.84. The van der Waals surface area contributed by atoms with Crippen molar-refractivity contribution >= 4 is 21.8 Å². The molecule has 1 aromatic rings. The molecule has 3 nitrogen and oxygen atoms in total. The van der Waals surface area contributed by atoms with Gasteiger partial charge in [0.2, 0.25) is 0 Å². The number of rotatable bonds is 3. The minimum absolute atomic E-state index is 0.00685. The number of hydrogen-bond acceptors (Lipinski definition) is 1. The fourth-order valence-corrected chi connectivity index (χ4v) is 2.39. The molecule has 0 aromatic carbocycles. The molecular formula is C11H15BrN2O. The molecule has 0 unspecified atom stereocenters. The van der Waals surface area contributed by atoms with Gasteiger partial charge >= 0.3 is 0 Å². The summed E-state index contributed by atoms with van der Waals surface area (Å²) in [6, 6.07) is 1.80. The Labute approximate surface area is 97.8 Å². The van der Waals surface area contributed by atoms with E-state index >= 15 is 0 Å². The van der Waals surface area contributed by atoms with Gasteiger partial charge in [-0.15, -0.1) is 0 Å². The molecule has 1 saturated carbocycles.